The van der Waals surface area contributed by atoms with E-state index in [0.717, 1.165) is 25.5 Å². The first-order valence-electron chi connectivity index (χ1n) is 5.36. The topological polar surface area (TPSA) is 17.1 Å². The predicted octanol–water partition coefficient (Wildman–Crippen LogP) is 3.43. The molecule has 1 unspecified atom stereocenters. The fraction of sp³-hybridized carbons (Fsp3) is 0.909. The molecule has 0 amide bonds. The predicted molar refractivity (Wildman–Crippen MR) is 51.4 cm³/mol. The Morgan fingerprint density at radius 3 is 2.79 bits per heavy atom. The zero-order chi connectivity index (χ0) is 10.6. The van der Waals surface area contributed by atoms with Crippen LogP contribution in [0.15, 0.2) is 0 Å². The molecule has 0 N–H and O–H groups in total. The second-order valence-corrected chi connectivity index (χ2v) is 4.51. The monoisotopic (exact) mass is 204 g/mol. The third-order valence-electron chi connectivity index (χ3n) is 3.01. The maximum atomic E-state index is 12.8. The van der Waals surface area contributed by atoms with E-state index in [-0.39, 0.29) is 24.7 Å². The van der Waals surface area contributed by atoms with Crippen molar-refractivity contribution in [2.24, 2.45) is 11.8 Å². The standard InChI is InChI=1S/C11H18F2O/c1-9(8-14)3-2-4-10-5-6-11(12,13)7-10/h8-10H,2-7H2,1H3/t9?,10-/m1/s1. The minimum atomic E-state index is -2.42. The first-order chi connectivity index (χ1) is 6.53. The van der Waals surface area contributed by atoms with E-state index >= 15 is 0 Å². The lowest BCUT2D eigenvalue weighted by molar-refractivity contribution is -0.110. The Morgan fingerprint density at radius 2 is 2.29 bits per heavy atom. The van der Waals surface area contributed by atoms with Crippen LogP contribution in [0.5, 0.6) is 0 Å². The lowest BCUT2D eigenvalue weighted by Gasteiger charge is -2.10. The summed E-state index contributed by atoms with van der Waals surface area (Å²) in [6.07, 6.45) is 4.30. The zero-order valence-electron chi connectivity index (χ0n) is 8.64. The van der Waals surface area contributed by atoms with Crippen molar-refractivity contribution in [3.05, 3.63) is 0 Å². The molecule has 2 atom stereocenters. The highest BCUT2D eigenvalue weighted by Gasteiger charge is 2.38. The van der Waals surface area contributed by atoms with E-state index in [1.165, 1.54) is 0 Å². The van der Waals surface area contributed by atoms with Gasteiger partial charge in [-0.15, -0.1) is 0 Å². The van der Waals surface area contributed by atoms with Crippen molar-refractivity contribution in [3.8, 4) is 0 Å². The largest absolute Gasteiger partial charge is 0.303 e. The van der Waals surface area contributed by atoms with Gasteiger partial charge in [-0.05, 0) is 18.8 Å². The van der Waals surface area contributed by atoms with Gasteiger partial charge in [0.2, 0.25) is 5.92 Å². The first-order valence-corrected chi connectivity index (χ1v) is 5.36. The number of hydrogen-bond acceptors (Lipinski definition) is 1. The molecule has 0 aliphatic heterocycles. The molecule has 0 radical (unpaired) electrons. The van der Waals surface area contributed by atoms with Crippen molar-refractivity contribution in [2.75, 3.05) is 0 Å². The Labute approximate surface area is 83.9 Å². The van der Waals surface area contributed by atoms with Gasteiger partial charge in [0, 0.05) is 18.8 Å². The van der Waals surface area contributed by atoms with Gasteiger partial charge in [0.05, 0.1) is 0 Å². The molecule has 1 aliphatic rings. The van der Waals surface area contributed by atoms with Crippen LogP contribution in [0.2, 0.25) is 0 Å². The highest BCUT2D eigenvalue weighted by molar-refractivity contribution is 5.52. The van der Waals surface area contributed by atoms with Crippen molar-refractivity contribution in [2.45, 2.75) is 51.4 Å². The highest BCUT2D eigenvalue weighted by atomic mass is 19.3. The van der Waals surface area contributed by atoms with Crippen LogP contribution in [0.1, 0.15) is 45.4 Å². The number of carbonyl (C=O) groups excluding carboxylic acids is 1. The summed E-state index contributed by atoms with van der Waals surface area (Å²) < 4.78 is 25.6. The number of alkyl halides is 2. The van der Waals surface area contributed by atoms with Crippen molar-refractivity contribution >= 4 is 6.29 Å². The summed E-state index contributed by atoms with van der Waals surface area (Å²) in [7, 11) is 0. The van der Waals surface area contributed by atoms with Crippen LogP contribution >= 0.6 is 0 Å². The fourth-order valence-corrected chi connectivity index (χ4v) is 2.08. The van der Waals surface area contributed by atoms with Crippen molar-refractivity contribution < 1.29 is 13.6 Å². The lowest BCUT2D eigenvalue weighted by atomic mass is 9.97. The molecule has 1 saturated carbocycles. The minimum absolute atomic E-state index is 0.0564. The quantitative estimate of drug-likeness (QED) is 0.627. The molecule has 1 aliphatic carbocycles. The summed E-state index contributed by atoms with van der Waals surface area (Å²) in [4.78, 5) is 10.3. The van der Waals surface area contributed by atoms with E-state index in [2.05, 4.69) is 0 Å². The van der Waals surface area contributed by atoms with Crippen molar-refractivity contribution in [1.82, 2.24) is 0 Å². The average molecular weight is 204 g/mol. The van der Waals surface area contributed by atoms with Crippen molar-refractivity contribution in [1.29, 1.82) is 0 Å². The molecule has 1 rings (SSSR count). The molecule has 0 saturated heterocycles. The Bertz CT molecular complexity index is 192. The normalized spacial score (nSPS) is 27.5. The second kappa shape index (κ2) is 4.85. The fourth-order valence-electron chi connectivity index (χ4n) is 2.08. The third-order valence-corrected chi connectivity index (χ3v) is 3.01. The van der Waals surface area contributed by atoms with Crippen LogP contribution in [0.4, 0.5) is 8.78 Å². The van der Waals surface area contributed by atoms with Gasteiger partial charge < -0.3 is 4.79 Å². The van der Waals surface area contributed by atoms with E-state index in [9.17, 15) is 13.6 Å². The van der Waals surface area contributed by atoms with E-state index in [1.54, 1.807) is 0 Å². The number of aldehydes is 1. The van der Waals surface area contributed by atoms with E-state index < -0.39 is 5.92 Å². The maximum Gasteiger partial charge on any atom is 0.248 e. The van der Waals surface area contributed by atoms with E-state index in [4.69, 9.17) is 0 Å². The average Bonchev–Trinajstić information content (AvgIpc) is 2.45. The molecule has 14 heavy (non-hydrogen) atoms. The van der Waals surface area contributed by atoms with Crippen LogP contribution in [-0.2, 0) is 4.79 Å². The molecule has 0 bridgehead atoms. The molecular weight excluding hydrogens is 186 g/mol. The van der Waals surface area contributed by atoms with Gasteiger partial charge in [0.25, 0.3) is 0 Å². The Balaban J connectivity index is 2.12. The van der Waals surface area contributed by atoms with Gasteiger partial charge >= 0.3 is 0 Å². The molecule has 0 aromatic heterocycles. The molecule has 0 aromatic carbocycles. The maximum absolute atomic E-state index is 12.8. The molecule has 82 valence electrons. The number of carbonyl (C=O) groups is 1. The molecule has 0 aromatic rings. The molecule has 1 fully saturated rings. The van der Waals surface area contributed by atoms with Crippen molar-refractivity contribution in [3.63, 3.8) is 0 Å². The van der Waals surface area contributed by atoms with Gasteiger partial charge in [-0.3, -0.25) is 0 Å². The van der Waals surface area contributed by atoms with Gasteiger partial charge in [-0.1, -0.05) is 19.8 Å². The zero-order valence-corrected chi connectivity index (χ0v) is 8.64. The van der Waals surface area contributed by atoms with Gasteiger partial charge in [-0.25, -0.2) is 8.78 Å². The SMILES string of the molecule is CC(C=O)CCC[C@@H]1CCC(F)(F)C1. The Kier molecular flexibility index (Phi) is 4.02. The summed E-state index contributed by atoms with van der Waals surface area (Å²) in [5, 5.41) is 0. The third kappa shape index (κ3) is 3.72. The first kappa shape index (κ1) is 11.6. The minimum Gasteiger partial charge on any atom is -0.303 e. The van der Waals surface area contributed by atoms with Crippen LogP contribution in [0.3, 0.4) is 0 Å². The second-order valence-electron chi connectivity index (χ2n) is 4.51. The summed E-state index contributed by atoms with van der Waals surface area (Å²) >= 11 is 0. The molecule has 1 nitrogen and oxygen atoms in total. The van der Waals surface area contributed by atoms with Crippen LogP contribution < -0.4 is 0 Å². The molecule has 0 spiro atoms. The van der Waals surface area contributed by atoms with Crippen LogP contribution in [0, 0.1) is 11.8 Å². The van der Waals surface area contributed by atoms with E-state index in [0.29, 0.717) is 6.42 Å². The number of hydrogen-bond donors (Lipinski definition) is 0. The Morgan fingerprint density at radius 1 is 1.57 bits per heavy atom. The van der Waals surface area contributed by atoms with Gasteiger partial charge in [0.15, 0.2) is 0 Å². The van der Waals surface area contributed by atoms with Gasteiger partial charge in [-0.2, -0.15) is 0 Å². The molecule has 0 heterocycles. The summed E-state index contributed by atoms with van der Waals surface area (Å²) in [6.45, 7) is 1.87. The highest BCUT2D eigenvalue weighted by Crippen LogP contribution is 2.40. The van der Waals surface area contributed by atoms with E-state index in [1.807, 2.05) is 6.92 Å². The molecular formula is C11H18F2O. The van der Waals surface area contributed by atoms with Gasteiger partial charge in [0.1, 0.15) is 6.29 Å². The summed E-state index contributed by atoms with van der Waals surface area (Å²) in [6, 6.07) is 0. The van der Waals surface area contributed by atoms with Crippen LogP contribution in [-0.4, -0.2) is 12.2 Å². The lowest BCUT2D eigenvalue weighted by Crippen LogP contribution is -2.09. The molecule has 3 heteroatoms. The smallest absolute Gasteiger partial charge is 0.248 e. The van der Waals surface area contributed by atoms with Crippen LogP contribution in [0.25, 0.3) is 0 Å². The Hall–Kier alpha value is -0.470. The summed E-state index contributed by atoms with van der Waals surface area (Å²) in [5.41, 5.74) is 0. The number of halogens is 2. The number of rotatable bonds is 5. The summed E-state index contributed by atoms with van der Waals surface area (Å²) in [5.74, 6) is -2.15.